The van der Waals surface area contributed by atoms with Crippen LogP contribution in [0.1, 0.15) is 108 Å². The summed E-state index contributed by atoms with van der Waals surface area (Å²) in [6.45, 7) is 2.29. The second-order valence-corrected chi connectivity index (χ2v) is 14.7. The van der Waals surface area contributed by atoms with Crippen LogP contribution in [0.25, 0.3) is 0 Å². The highest BCUT2D eigenvalue weighted by Gasteiger charge is 2.38. The Morgan fingerprint density at radius 1 is 0.529 bits per heavy atom. The highest BCUT2D eigenvalue weighted by Crippen LogP contribution is 2.49. The lowest BCUT2D eigenvalue weighted by molar-refractivity contribution is -0.385. The Morgan fingerprint density at radius 2 is 0.882 bits per heavy atom. The van der Waals surface area contributed by atoms with E-state index in [-0.39, 0.29) is 16.8 Å². The number of unbranched alkanes of at least 4 members (excludes halogenated alkanes) is 2. The predicted molar refractivity (Wildman–Crippen MR) is 201 cm³/mol. The molecule has 0 unspecified atom stereocenters. The van der Waals surface area contributed by atoms with Gasteiger partial charge in [0.25, 0.3) is 11.4 Å². The molecule has 0 heterocycles. The van der Waals surface area contributed by atoms with Gasteiger partial charge in [-0.2, -0.15) is 0 Å². The summed E-state index contributed by atoms with van der Waals surface area (Å²) in [4.78, 5) is 21.3. The first kappa shape index (κ1) is 36.1. The van der Waals surface area contributed by atoms with Crippen molar-refractivity contribution in [3.63, 3.8) is 0 Å². The molecule has 0 saturated heterocycles. The summed E-state index contributed by atoms with van der Waals surface area (Å²) in [7, 11) is 0. The Balaban J connectivity index is 1.13. The molecule has 2 saturated carbocycles. The largest absolute Gasteiger partial charge is 0.457 e. The molecule has 0 amide bonds. The number of nitro groups is 2. The molecular formula is C43H50N2O6. The van der Waals surface area contributed by atoms with E-state index in [1.807, 2.05) is 24.3 Å². The van der Waals surface area contributed by atoms with E-state index in [1.165, 1.54) is 112 Å². The van der Waals surface area contributed by atoms with E-state index in [1.54, 1.807) is 24.3 Å². The van der Waals surface area contributed by atoms with Crippen LogP contribution in [0.15, 0.2) is 97.1 Å². The van der Waals surface area contributed by atoms with Gasteiger partial charge < -0.3 is 9.47 Å². The van der Waals surface area contributed by atoms with Crippen molar-refractivity contribution in [2.75, 3.05) is 0 Å². The molecule has 0 N–H and O–H groups in total. The number of rotatable bonds is 15. The Morgan fingerprint density at radius 3 is 1.25 bits per heavy atom. The molecule has 0 atom stereocenters. The summed E-state index contributed by atoms with van der Waals surface area (Å²) in [5, 5.41) is 22.1. The first-order chi connectivity index (χ1) is 24.8. The second-order valence-electron chi connectivity index (χ2n) is 14.7. The van der Waals surface area contributed by atoms with Crippen LogP contribution in [0, 0.1) is 38.0 Å². The summed E-state index contributed by atoms with van der Waals surface area (Å²) < 4.78 is 12.1. The van der Waals surface area contributed by atoms with Gasteiger partial charge in [0, 0.05) is 29.7 Å². The Bertz CT molecular complexity index is 1600. The van der Waals surface area contributed by atoms with Crippen molar-refractivity contribution in [1.82, 2.24) is 0 Å². The molecule has 4 aromatic carbocycles. The first-order valence-electron chi connectivity index (χ1n) is 18.9. The molecule has 0 spiro atoms. The molecule has 2 aliphatic carbocycles. The summed E-state index contributed by atoms with van der Waals surface area (Å²) in [6.07, 6.45) is 18.4. The molecule has 0 aliphatic heterocycles. The lowest BCUT2D eigenvalue weighted by Gasteiger charge is -2.42. The number of non-ortho nitro benzene ring substituents is 2. The van der Waals surface area contributed by atoms with Crippen molar-refractivity contribution >= 4 is 11.4 Å². The monoisotopic (exact) mass is 690 g/mol. The molecule has 268 valence electrons. The number of nitro benzene ring substituents is 2. The van der Waals surface area contributed by atoms with Crippen molar-refractivity contribution in [1.29, 1.82) is 0 Å². The van der Waals surface area contributed by atoms with Gasteiger partial charge >= 0.3 is 0 Å². The predicted octanol–water partition coefficient (Wildman–Crippen LogP) is 12.7. The normalized spacial score (nSPS) is 18.9. The molecule has 2 fully saturated rings. The van der Waals surface area contributed by atoms with Gasteiger partial charge in [-0.1, -0.05) is 95.4 Å². The van der Waals surface area contributed by atoms with E-state index in [9.17, 15) is 20.2 Å². The van der Waals surface area contributed by atoms with Crippen LogP contribution in [0.2, 0.25) is 0 Å². The summed E-state index contributed by atoms with van der Waals surface area (Å²) in [5.74, 6) is 5.07. The third kappa shape index (κ3) is 9.34. The minimum atomic E-state index is -0.415. The van der Waals surface area contributed by atoms with Crippen LogP contribution >= 0.6 is 0 Å². The van der Waals surface area contributed by atoms with Crippen molar-refractivity contribution in [3.8, 4) is 23.0 Å². The molecule has 0 radical (unpaired) electrons. The van der Waals surface area contributed by atoms with Gasteiger partial charge in [0.05, 0.1) is 9.85 Å². The minimum Gasteiger partial charge on any atom is -0.457 e. The van der Waals surface area contributed by atoms with Gasteiger partial charge in [-0.05, 0) is 103 Å². The van der Waals surface area contributed by atoms with Crippen LogP contribution < -0.4 is 9.47 Å². The number of nitrogens with zero attached hydrogens (tertiary/aromatic N) is 2. The Labute approximate surface area is 301 Å². The van der Waals surface area contributed by atoms with Crippen molar-refractivity contribution in [2.45, 2.75) is 102 Å². The van der Waals surface area contributed by atoms with Gasteiger partial charge in [0.15, 0.2) is 0 Å². The highest BCUT2D eigenvalue weighted by atomic mass is 16.6. The summed E-state index contributed by atoms with van der Waals surface area (Å²) in [5.41, 5.74) is 2.42. The summed E-state index contributed by atoms with van der Waals surface area (Å²) >= 11 is 0. The summed E-state index contributed by atoms with van der Waals surface area (Å²) in [6, 6.07) is 28.9. The van der Waals surface area contributed by atoms with Crippen LogP contribution in [0.3, 0.4) is 0 Å². The third-order valence-electron chi connectivity index (χ3n) is 11.5. The third-order valence-corrected chi connectivity index (χ3v) is 11.5. The van der Waals surface area contributed by atoms with Crippen molar-refractivity contribution in [3.05, 3.63) is 128 Å². The fourth-order valence-electron chi connectivity index (χ4n) is 8.39. The van der Waals surface area contributed by atoms with Crippen molar-refractivity contribution < 1.29 is 19.3 Å². The topological polar surface area (TPSA) is 105 Å². The van der Waals surface area contributed by atoms with E-state index in [0.717, 1.165) is 30.6 Å². The fourth-order valence-corrected chi connectivity index (χ4v) is 8.39. The van der Waals surface area contributed by atoms with E-state index >= 15 is 0 Å². The van der Waals surface area contributed by atoms with Crippen LogP contribution in [0.5, 0.6) is 23.0 Å². The van der Waals surface area contributed by atoms with Crippen molar-refractivity contribution in [2.24, 2.45) is 17.8 Å². The van der Waals surface area contributed by atoms with Gasteiger partial charge in [-0.25, -0.2) is 0 Å². The second kappa shape index (κ2) is 17.0. The number of hydrogen-bond donors (Lipinski definition) is 0. The molecule has 51 heavy (non-hydrogen) atoms. The maximum absolute atomic E-state index is 11.1. The zero-order chi connectivity index (χ0) is 35.6. The van der Waals surface area contributed by atoms with Crippen LogP contribution in [0.4, 0.5) is 11.4 Å². The molecule has 2 aliphatic rings. The standard InChI is InChI=1S/C43H50N2O6/c1-2-3-4-5-32-6-8-33(9-7-32)10-11-34-28-30-43(31-29-34,35-12-20-39(21-13-35)50-41-24-16-37(17-25-41)44(46)47)36-14-22-40(23-15-36)51-42-26-18-38(19-27-42)45(48)49/h12-27,32-34H,2-11,28-31H2,1H3. The SMILES string of the molecule is CCCCCC1CCC(CCC2CCC(c3ccc(Oc4ccc([N+](=O)[O-])cc4)cc3)(c3ccc(Oc4ccc([N+](=O)[O-])cc4)cc3)CC2)CC1. The van der Waals surface area contributed by atoms with Gasteiger partial charge in [0.1, 0.15) is 23.0 Å². The average Bonchev–Trinajstić information content (AvgIpc) is 3.16. The average molecular weight is 691 g/mol. The van der Waals surface area contributed by atoms with E-state index in [2.05, 4.69) is 31.2 Å². The molecule has 6 rings (SSSR count). The van der Waals surface area contributed by atoms with E-state index in [4.69, 9.17) is 9.47 Å². The first-order valence-corrected chi connectivity index (χ1v) is 18.9. The zero-order valence-corrected chi connectivity index (χ0v) is 29.7. The molecule has 0 bridgehead atoms. The van der Waals surface area contributed by atoms with Crippen LogP contribution in [-0.2, 0) is 5.41 Å². The fraction of sp³-hybridized carbons (Fsp3) is 0.442. The smallest absolute Gasteiger partial charge is 0.269 e. The minimum absolute atomic E-state index is 0.0320. The number of benzene rings is 4. The quantitative estimate of drug-likeness (QED) is 0.0698. The number of hydrogen-bond acceptors (Lipinski definition) is 6. The molecular weight excluding hydrogens is 640 g/mol. The van der Waals surface area contributed by atoms with Gasteiger partial charge in [-0.3, -0.25) is 20.2 Å². The maximum Gasteiger partial charge on any atom is 0.269 e. The van der Waals surface area contributed by atoms with Gasteiger partial charge in [-0.15, -0.1) is 0 Å². The van der Waals surface area contributed by atoms with E-state index in [0.29, 0.717) is 23.0 Å². The zero-order valence-electron chi connectivity index (χ0n) is 29.7. The van der Waals surface area contributed by atoms with Gasteiger partial charge in [0.2, 0.25) is 0 Å². The van der Waals surface area contributed by atoms with Crippen LogP contribution in [-0.4, -0.2) is 9.85 Å². The Kier molecular flexibility index (Phi) is 12.0. The molecule has 4 aromatic rings. The lowest BCUT2D eigenvalue weighted by Crippen LogP contribution is -2.33. The lowest BCUT2D eigenvalue weighted by atomic mass is 9.62. The molecule has 8 nitrogen and oxygen atoms in total. The number of ether oxygens (including phenoxy) is 2. The molecule has 0 aromatic heterocycles. The highest BCUT2D eigenvalue weighted by molar-refractivity contribution is 5.46. The molecule has 8 heteroatoms. The van der Waals surface area contributed by atoms with E-state index < -0.39 is 9.85 Å². The Hall–Kier alpha value is -4.72. The maximum atomic E-state index is 11.1.